The molecule has 2 aromatic carbocycles. The summed E-state index contributed by atoms with van der Waals surface area (Å²) in [7, 11) is 1.74. The van der Waals surface area contributed by atoms with E-state index in [1.807, 2.05) is 31.2 Å². The highest BCUT2D eigenvalue weighted by Gasteiger charge is 2.16. The van der Waals surface area contributed by atoms with Crippen LogP contribution in [-0.4, -0.2) is 34.3 Å². The van der Waals surface area contributed by atoms with E-state index in [0.29, 0.717) is 11.3 Å². The van der Waals surface area contributed by atoms with E-state index in [4.69, 9.17) is 11.2 Å². The van der Waals surface area contributed by atoms with E-state index in [2.05, 4.69) is 16.0 Å². The molecule has 3 aromatic rings. The Morgan fingerprint density at radius 2 is 2.04 bits per heavy atom. The zero-order valence-electron chi connectivity index (χ0n) is 14.6. The monoisotopic (exact) mass is 346 g/mol. The van der Waals surface area contributed by atoms with Gasteiger partial charge in [-0.25, -0.2) is 9.67 Å². The molecule has 0 spiro atoms. The smallest absolute Gasteiger partial charge is 0.258 e. The third-order valence-corrected chi connectivity index (χ3v) is 3.97. The molecule has 26 heavy (non-hydrogen) atoms. The number of carbonyl (C=O) groups is 1. The number of anilines is 1. The van der Waals surface area contributed by atoms with Crippen molar-refractivity contribution in [3.8, 4) is 23.8 Å². The zero-order valence-corrected chi connectivity index (χ0v) is 14.6. The molecule has 1 aromatic heterocycles. The van der Waals surface area contributed by atoms with Crippen molar-refractivity contribution in [2.45, 2.75) is 6.92 Å². The van der Waals surface area contributed by atoms with Crippen LogP contribution in [0.15, 0.2) is 55.1 Å². The fraction of sp³-hybridized carbons (Fsp3) is 0.150. The summed E-state index contributed by atoms with van der Waals surface area (Å²) in [6, 6.07) is 12.8. The fourth-order valence-corrected chi connectivity index (χ4v) is 2.56. The predicted octanol–water partition coefficient (Wildman–Crippen LogP) is 2.86. The van der Waals surface area contributed by atoms with E-state index in [1.165, 1.54) is 6.33 Å². The molecule has 0 atom stereocenters. The van der Waals surface area contributed by atoms with Gasteiger partial charge in [-0.15, -0.1) is 6.42 Å². The van der Waals surface area contributed by atoms with Crippen molar-refractivity contribution in [1.82, 2.24) is 14.8 Å². The van der Waals surface area contributed by atoms with Gasteiger partial charge in [-0.2, -0.15) is 5.10 Å². The lowest BCUT2D eigenvalue weighted by molar-refractivity contribution is 0.0992. The maximum Gasteiger partial charge on any atom is 0.258 e. The fourth-order valence-electron chi connectivity index (χ4n) is 2.56. The number of aromatic nitrogens is 3. The number of carbonyl (C=O) groups excluding carboxylic acids is 1. The van der Waals surface area contributed by atoms with Gasteiger partial charge in [0.2, 0.25) is 0 Å². The number of nitrogens with zero attached hydrogens (tertiary/aromatic N) is 4. The Hall–Kier alpha value is -3.59. The maximum atomic E-state index is 12.9. The van der Waals surface area contributed by atoms with Gasteiger partial charge in [-0.3, -0.25) is 4.79 Å². The van der Waals surface area contributed by atoms with Crippen molar-refractivity contribution in [3.05, 3.63) is 66.2 Å². The van der Waals surface area contributed by atoms with Crippen LogP contribution >= 0.6 is 0 Å². The number of terminal acetylenes is 1. The molecule has 130 valence electrons. The Kier molecular flexibility index (Phi) is 4.99. The molecule has 0 aliphatic heterocycles. The molecule has 0 fully saturated rings. The number of amides is 1. The highest BCUT2D eigenvalue weighted by molar-refractivity contribution is 6.06. The first-order valence-electron chi connectivity index (χ1n) is 8.00. The molecule has 0 aliphatic rings. The summed E-state index contributed by atoms with van der Waals surface area (Å²) in [5.74, 6) is 2.99. The molecule has 0 aliphatic carbocycles. The summed E-state index contributed by atoms with van der Waals surface area (Å²) in [5, 5.41) is 4.10. The normalized spacial score (nSPS) is 10.2. The summed E-state index contributed by atoms with van der Waals surface area (Å²) in [4.78, 5) is 18.4. The molecule has 0 saturated heterocycles. The molecule has 0 N–H and O–H groups in total. The SMILES string of the molecule is C#CCOc1ccc(N(C)C(=O)c2ccc(-n3cncn3)cc2C)cc1. The first-order chi connectivity index (χ1) is 12.6. The van der Waals surface area contributed by atoms with Gasteiger partial charge < -0.3 is 9.64 Å². The summed E-state index contributed by atoms with van der Waals surface area (Å²) in [6.45, 7) is 2.11. The maximum absolute atomic E-state index is 12.9. The van der Waals surface area contributed by atoms with Gasteiger partial charge in [-0.05, 0) is 55.0 Å². The highest BCUT2D eigenvalue weighted by Crippen LogP contribution is 2.22. The van der Waals surface area contributed by atoms with Gasteiger partial charge in [-0.1, -0.05) is 5.92 Å². The molecule has 1 amide bonds. The average Bonchev–Trinajstić information content (AvgIpc) is 3.20. The van der Waals surface area contributed by atoms with Crippen molar-refractivity contribution in [2.24, 2.45) is 0 Å². The number of aryl methyl sites for hydroxylation is 1. The summed E-state index contributed by atoms with van der Waals surface area (Å²) < 4.78 is 7.00. The summed E-state index contributed by atoms with van der Waals surface area (Å²) in [6.07, 6.45) is 8.27. The molecule has 0 saturated carbocycles. The van der Waals surface area contributed by atoms with E-state index in [1.54, 1.807) is 41.2 Å². The van der Waals surface area contributed by atoms with E-state index >= 15 is 0 Å². The predicted molar refractivity (Wildman–Crippen MR) is 99.6 cm³/mol. The minimum Gasteiger partial charge on any atom is -0.481 e. The lowest BCUT2D eigenvalue weighted by atomic mass is 10.1. The molecule has 0 radical (unpaired) electrons. The second-order valence-electron chi connectivity index (χ2n) is 5.69. The molecule has 0 unspecified atom stereocenters. The Morgan fingerprint density at radius 3 is 2.65 bits per heavy atom. The van der Waals surface area contributed by atoms with E-state index in [0.717, 1.165) is 16.9 Å². The van der Waals surface area contributed by atoms with Gasteiger partial charge in [0.05, 0.1) is 5.69 Å². The van der Waals surface area contributed by atoms with Gasteiger partial charge >= 0.3 is 0 Å². The van der Waals surface area contributed by atoms with Gasteiger partial charge in [0.1, 0.15) is 25.0 Å². The van der Waals surface area contributed by atoms with Crippen LogP contribution in [0.2, 0.25) is 0 Å². The zero-order chi connectivity index (χ0) is 18.5. The number of hydrogen-bond donors (Lipinski definition) is 0. The van der Waals surface area contributed by atoms with Crippen molar-refractivity contribution in [2.75, 3.05) is 18.6 Å². The number of rotatable bonds is 5. The first kappa shape index (κ1) is 17.2. The van der Waals surface area contributed by atoms with E-state index in [-0.39, 0.29) is 12.5 Å². The third-order valence-electron chi connectivity index (χ3n) is 3.97. The second-order valence-corrected chi connectivity index (χ2v) is 5.69. The number of benzene rings is 2. The quantitative estimate of drug-likeness (QED) is 0.667. The third kappa shape index (κ3) is 3.57. The molecule has 3 rings (SSSR count). The lowest BCUT2D eigenvalue weighted by Crippen LogP contribution is -2.26. The van der Waals surface area contributed by atoms with Crippen LogP contribution in [0, 0.1) is 19.3 Å². The Labute approximate surface area is 152 Å². The molecular weight excluding hydrogens is 328 g/mol. The number of hydrogen-bond acceptors (Lipinski definition) is 4. The van der Waals surface area contributed by atoms with E-state index < -0.39 is 0 Å². The minimum atomic E-state index is -0.0927. The van der Waals surface area contributed by atoms with Crippen LogP contribution in [-0.2, 0) is 0 Å². The topological polar surface area (TPSA) is 60.2 Å². The van der Waals surface area contributed by atoms with Crippen molar-refractivity contribution >= 4 is 11.6 Å². The van der Waals surface area contributed by atoms with Gasteiger partial charge in [0.15, 0.2) is 0 Å². The molecule has 6 nitrogen and oxygen atoms in total. The van der Waals surface area contributed by atoms with Crippen LogP contribution in [0.3, 0.4) is 0 Å². The van der Waals surface area contributed by atoms with Crippen LogP contribution in [0.5, 0.6) is 5.75 Å². The summed E-state index contributed by atoms with van der Waals surface area (Å²) >= 11 is 0. The van der Waals surface area contributed by atoms with E-state index in [9.17, 15) is 4.79 Å². The Bertz CT molecular complexity index is 941. The Balaban J connectivity index is 1.79. The standard InChI is InChI=1S/C20H18N4O2/c1-4-11-26-18-8-5-16(6-9-18)23(3)20(25)19-10-7-17(12-15(19)2)24-14-21-13-22-24/h1,5-10,12-14H,11H2,2-3H3. The van der Waals surface area contributed by atoms with Crippen LogP contribution in [0.1, 0.15) is 15.9 Å². The van der Waals surface area contributed by atoms with Crippen LogP contribution in [0.25, 0.3) is 5.69 Å². The van der Waals surface area contributed by atoms with Crippen molar-refractivity contribution < 1.29 is 9.53 Å². The highest BCUT2D eigenvalue weighted by atomic mass is 16.5. The molecule has 6 heteroatoms. The summed E-state index contributed by atoms with van der Waals surface area (Å²) in [5.41, 5.74) is 3.12. The Morgan fingerprint density at radius 1 is 1.27 bits per heavy atom. The van der Waals surface area contributed by atoms with Gasteiger partial charge in [0, 0.05) is 18.3 Å². The van der Waals surface area contributed by atoms with Gasteiger partial charge in [0.25, 0.3) is 5.91 Å². The average molecular weight is 346 g/mol. The van der Waals surface area contributed by atoms with Crippen LogP contribution < -0.4 is 9.64 Å². The van der Waals surface area contributed by atoms with Crippen molar-refractivity contribution in [3.63, 3.8) is 0 Å². The second kappa shape index (κ2) is 7.53. The first-order valence-corrected chi connectivity index (χ1v) is 8.00. The van der Waals surface area contributed by atoms with Crippen molar-refractivity contribution in [1.29, 1.82) is 0 Å². The minimum absolute atomic E-state index is 0.0927. The molecule has 0 bridgehead atoms. The number of ether oxygens (including phenoxy) is 1. The molecule has 1 heterocycles. The van der Waals surface area contributed by atoms with Crippen LogP contribution in [0.4, 0.5) is 5.69 Å². The molecular formula is C20H18N4O2. The lowest BCUT2D eigenvalue weighted by Gasteiger charge is -2.19. The largest absolute Gasteiger partial charge is 0.481 e.